The minimum absolute atomic E-state index is 0.920. The van der Waals surface area contributed by atoms with Crippen molar-refractivity contribution in [1.29, 1.82) is 0 Å². The maximum atomic E-state index is 6.35. The van der Waals surface area contributed by atoms with E-state index in [1.165, 1.54) is 84.1 Å². The predicted octanol–water partition coefficient (Wildman–Crippen LogP) is 14.0. The maximum absolute atomic E-state index is 6.35. The van der Waals surface area contributed by atoms with E-state index < -0.39 is 0 Å². The lowest BCUT2D eigenvalue weighted by atomic mass is 9.85. The number of furan rings is 1. The Morgan fingerprint density at radius 2 is 0.872 bits per heavy atom. The molecule has 0 aliphatic heterocycles. The summed E-state index contributed by atoms with van der Waals surface area (Å²) in [5.41, 5.74) is 6.79. The molecule has 47 heavy (non-hydrogen) atoms. The van der Waals surface area contributed by atoms with E-state index in [4.69, 9.17) is 4.42 Å². The van der Waals surface area contributed by atoms with Crippen molar-refractivity contribution < 1.29 is 4.42 Å². The monoisotopic (exact) mass is 632 g/mol. The van der Waals surface area contributed by atoms with E-state index in [0.29, 0.717) is 0 Å². The molecule has 8 aromatic carbocycles. The molecule has 0 fully saturated rings. The number of fused-ring (bicyclic) bond motifs is 12. The standard InChI is InChI=1S/C44H24OS2/c1-3-12-31-29(10-1)41(25-18-21-39-35(23-25)33-20-22-40-43(44(33)47-39)34-14-6-8-16-38(34)46-40)30-11-2-4-13-32(30)42(31)26-17-19-28-27-9-5-7-15-36(27)45-37(28)24-26/h1-24H. The van der Waals surface area contributed by atoms with Gasteiger partial charge in [-0.3, -0.25) is 0 Å². The summed E-state index contributed by atoms with van der Waals surface area (Å²) in [6.45, 7) is 0. The molecule has 0 N–H and O–H groups in total. The fourth-order valence-electron chi connectivity index (χ4n) is 7.83. The van der Waals surface area contributed by atoms with Gasteiger partial charge in [0.15, 0.2) is 0 Å². The summed E-state index contributed by atoms with van der Waals surface area (Å²) < 4.78 is 11.8. The molecule has 11 rings (SSSR count). The Hall–Kier alpha value is -5.48. The minimum atomic E-state index is 0.920. The van der Waals surface area contributed by atoms with Gasteiger partial charge in [-0.25, -0.2) is 0 Å². The van der Waals surface area contributed by atoms with Gasteiger partial charge in [0.05, 0.1) is 0 Å². The molecule has 218 valence electrons. The molecular formula is C44H24OS2. The van der Waals surface area contributed by atoms with Gasteiger partial charge in [-0.1, -0.05) is 103 Å². The molecule has 0 saturated carbocycles. The summed E-state index contributed by atoms with van der Waals surface area (Å²) in [7, 11) is 0. The number of thiophene rings is 2. The molecule has 0 aliphatic carbocycles. The minimum Gasteiger partial charge on any atom is -0.456 e. The molecule has 0 spiro atoms. The highest BCUT2D eigenvalue weighted by atomic mass is 32.1. The van der Waals surface area contributed by atoms with E-state index in [1.54, 1.807) is 0 Å². The third kappa shape index (κ3) is 3.58. The molecular weight excluding hydrogens is 609 g/mol. The summed E-state index contributed by atoms with van der Waals surface area (Å²) in [4.78, 5) is 0. The van der Waals surface area contributed by atoms with Crippen molar-refractivity contribution in [2.75, 3.05) is 0 Å². The smallest absolute Gasteiger partial charge is 0.136 e. The van der Waals surface area contributed by atoms with Crippen LogP contribution in [0, 0.1) is 0 Å². The quantitative estimate of drug-likeness (QED) is 0.173. The molecule has 0 atom stereocenters. The van der Waals surface area contributed by atoms with Crippen LogP contribution in [-0.2, 0) is 0 Å². The zero-order valence-corrected chi connectivity index (χ0v) is 26.7. The van der Waals surface area contributed by atoms with Crippen LogP contribution >= 0.6 is 22.7 Å². The molecule has 0 aliphatic rings. The Morgan fingerprint density at radius 3 is 1.62 bits per heavy atom. The highest BCUT2D eigenvalue weighted by Crippen LogP contribution is 2.48. The third-order valence-corrected chi connectivity index (χ3v) is 12.2. The van der Waals surface area contributed by atoms with Crippen LogP contribution < -0.4 is 0 Å². The molecule has 11 aromatic rings. The van der Waals surface area contributed by atoms with Crippen LogP contribution in [0.25, 0.3) is 106 Å². The number of para-hydroxylation sites is 1. The van der Waals surface area contributed by atoms with Crippen LogP contribution in [0.4, 0.5) is 0 Å². The Bertz CT molecular complexity index is 3020. The molecule has 3 heteroatoms. The Balaban J connectivity index is 1.19. The lowest BCUT2D eigenvalue weighted by Gasteiger charge is -2.18. The van der Waals surface area contributed by atoms with E-state index >= 15 is 0 Å². The van der Waals surface area contributed by atoms with Gasteiger partial charge in [0.25, 0.3) is 0 Å². The van der Waals surface area contributed by atoms with Gasteiger partial charge < -0.3 is 4.42 Å². The molecule has 0 bridgehead atoms. The second kappa shape index (κ2) is 9.52. The lowest BCUT2D eigenvalue weighted by molar-refractivity contribution is 0.669. The van der Waals surface area contributed by atoms with Gasteiger partial charge in [-0.05, 0) is 86.3 Å². The highest BCUT2D eigenvalue weighted by molar-refractivity contribution is 7.29. The van der Waals surface area contributed by atoms with Crippen LogP contribution in [0.3, 0.4) is 0 Å². The normalized spacial score (nSPS) is 12.3. The van der Waals surface area contributed by atoms with Crippen molar-refractivity contribution in [3.63, 3.8) is 0 Å². The van der Waals surface area contributed by atoms with Crippen LogP contribution in [0.1, 0.15) is 0 Å². The van der Waals surface area contributed by atoms with Crippen LogP contribution in [0.15, 0.2) is 150 Å². The van der Waals surface area contributed by atoms with Crippen molar-refractivity contribution in [2.24, 2.45) is 0 Å². The number of hydrogen-bond donors (Lipinski definition) is 0. The molecule has 0 saturated heterocycles. The summed E-state index contributed by atoms with van der Waals surface area (Å²) in [5.74, 6) is 0. The summed E-state index contributed by atoms with van der Waals surface area (Å²) >= 11 is 3.81. The topological polar surface area (TPSA) is 13.1 Å². The fraction of sp³-hybridized carbons (Fsp3) is 0. The second-order valence-corrected chi connectivity index (χ2v) is 14.5. The third-order valence-electron chi connectivity index (χ3n) is 9.87. The summed E-state index contributed by atoms with van der Waals surface area (Å²) in [6.07, 6.45) is 0. The number of benzene rings is 8. The van der Waals surface area contributed by atoms with E-state index in [-0.39, 0.29) is 0 Å². The van der Waals surface area contributed by atoms with Gasteiger partial charge >= 0.3 is 0 Å². The second-order valence-electron chi connectivity index (χ2n) is 12.4. The van der Waals surface area contributed by atoms with E-state index in [2.05, 4.69) is 133 Å². The first-order valence-corrected chi connectivity index (χ1v) is 17.6. The number of hydrogen-bond acceptors (Lipinski definition) is 3. The van der Waals surface area contributed by atoms with Crippen molar-refractivity contribution >= 4 is 107 Å². The number of rotatable bonds is 2. The molecule has 0 radical (unpaired) electrons. The first-order chi connectivity index (χ1) is 23.3. The Morgan fingerprint density at radius 1 is 0.340 bits per heavy atom. The van der Waals surface area contributed by atoms with Crippen molar-refractivity contribution in [3.8, 4) is 22.3 Å². The van der Waals surface area contributed by atoms with Crippen LogP contribution in [-0.4, -0.2) is 0 Å². The van der Waals surface area contributed by atoms with E-state index in [9.17, 15) is 0 Å². The first-order valence-electron chi connectivity index (χ1n) is 15.9. The Kier molecular flexibility index (Phi) is 5.20. The summed E-state index contributed by atoms with van der Waals surface area (Å²) in [6, 6.07) is 53.4. The van der Waals surface area contributed by atoms with Crippen LogP contribution in [0.2, 0.25) is 0 Å². The van der Waals surface area contributed by atoms with Gasteiger partial charge in [0.2, 0.25) is 0 Å². The van der Waals surface area contributed by atoms with Gasteiger partial charge in [0.1, 0.15) is 11.2 Å². The van der Waals surface area contributed by atoms with Gasteiger partial charge in [-0.15, -0.1) is 22.7 Å². The lowest BCUT2D eigenvalue weighted by Crippen LogP contribution is -1.90. The molecule has 3 heterocycles. The molecule has 0 unspecified atom stereocenters. The summed E-state index contributed by atoms with van der Waals surface area (Å²) in [5, 5.41) is 12.7. The largest absolute Gasteiger partial charge is 0.456 e. The molecule has 1 nitrogen and oxygen atoms in total. The van der Waals surface area contributed by atoms with Gasteiger partial charge in [0, 0.05) is 51.1 Å². The average Bonchev–Trinajstić information content (AvgIpc) is 3.80. The zero-order valence-electron chi connectivity index (χ0n) is 25.1. The van der Waals surface area contributed by atoms with E-state index in [1.807, 2.05) is 34.8 Å². The van der Waals surface area contributed by atoms with Crippen LogP contribution in [0.5, 0.6) is 0 Å². The average molecular weight is 633 g/mol. The van der Waals surface area contributed by atoms with Crippen molar-refractivity contribution in [3.05, 3.63) is 146 Å². The Labute approximate surface area is 277 Å². The maximum Gasteiger partial charge on any atom is 0.136 e. The van der Waals surface area contributed by atoms with Crippen molar-refractivity contribution in [1.82, 2.24) is 0 Å². The van der Waals surface area contributed by atoms with Crippen molar-refractivity contribution in [2.45, 2.75) is 0 Å². The SMILES string of the molecule is c1ccc2c(c1)oc1cc(-c3c4ccccc4c(-c4ccc5sc6c(ccc7sc8ccccc8c76)c5c4)c4ccccc34)ccc12. The fourth-order valence-corrected chi connectivity index (χ4v) is 10.3. The first kappa shape index (κ1) is 25.7. The van der Waals surface area contributed by atoms with Gasteiger partial charge in [-0.2, -0.15) is 0 Å². The molecule has 0 amide bonds. The zero-order chi connectivity index (χ0) is 30.6. The van der Waals surface area contributed by atoms with E-state index in [0.717, 1.165) is 21.9 Å². The molecule has 3 aromatic heterocycles. The highest BCUT2D eigenvalue weighted by Gasteiger charge is 2.19. The predicted molar refractivity (Wildman–Crippen MR) is 205 cm³/mol.